The third-order valence-electron chi connectivity index (χ3n) is 4.13. The summed E-state index contributed by atoms with van der Waals surface area (Å²) in [6, 6.07) is 4.16. The van der Waals surface area contributed by atoms with E-state index in [2.05, 4.69) is 13.0 Å². The molecule has 0 radical (unpaired) electrons. The molecule has 3 heteroatoms. The summed E-state index contributed by atoms with van der Waals surface area (Å²) in [5.74, 6) is 0.891. The van der Waals surface area contributed by atoms with Gasteiger partial charge in [0.05, 0.1) is 31.3 Å². The molecule has 3 nitrogen and oxygen atoms in total. The average Bonchev–Trinajstić information content (AvgIpc) is 2.18. The van der Waals surface area contributed by atoms with Crippen LogP contribution in [0.5, 0.6) is 5.75 Å². The largest absolute Gasteiger partial charge is 0.496 e. The van der Waals surface area contributed by atoms with Crippen LogP contribution in [0.4, 0.5) is 0 Å². The van der Waals surface area contributed by atoms with Gasteiger partial charge in [0.1, 0.15) is 5.75 Å². The van der Waals surface area contributed by atoms with Crippen molar-refractivity contribution in [3.63, 3.8) is 0 Å². The Balaban J connectivity index is 2.54. The first-order valence-electron chi connectivity index (χ1n) is 6.28. The molecule has 1 saturated heterocycles. The maximum atomic E-state index is 10.5. The lowest BCUT2D eigenvalue weighted by Crippen LogP contribution is -2.60. The summed E-state index contributed by atoms with van der Waals surface area (Å²) < 4.78 is 10.7. The highest BCUT2D eigenvalue weighted by atomic mass is 16.5. The van der Waals surface area contributed by atoms with Gasteiger partial charge < -0.3 is 14.6 Å². The Bertz CT molecular complexity index is 454. The van der Waals surface area contributed by atoms with Crippen LogP contribution in [0.2, 0.25) is 0 Å². The molecule has 0 unspecified atom stereocenters. The van der Waals surface area contributed by atoms with Crippen molar-refractivity contribution in [2.45, 2.75) is 38.7 Å². The van der Waals surface area contributed by atoms with Crippen molar-refractivity contribution in [3.8, 4) is 5.75 Å². The van der Waals surface area contributed by atoms with Gasteiger partial charge in [-0.2, -0.15) is 0 Å². The van der Waals surface area contributed by atoms with Gasteiger partial charge in [-0.3, -0.25) is 0 Å². The summed E-state index contributed by atoms with van der Waals surface area (Å²) in [4.78, 5) is 0. The van der Waals surface area contributed by atoms with E-state index in [-0.39, 0.29) is 5.41 Å². The number of rotatable bonds is 3. The molecular weight excluding hydrogens is 228 g/mol. The molecule has 0 amide bonds. The Morgan fingerprint density at radius 1 is 1.22 bits per heavy atom. The van der Waals surface area contributed by atoms with E-state index in [0.29, 0.717) is 13.2 Å². The monoisotopic (exact) mass is 250 g/mol. The molecule has 0 saturated carbocycles. The van der Waals surface area contributed by atoms with E-state index in [0.717, 1.165) is 16.9 Å². The first-order chi connectivity index (χ1) is 8.32. The molecule has 2 rings (SSSR count). The van der Waals surface area contributed by atoms with Crippen molar-refractivity contribution in [1.29, 1.82) is 0 Å². The zero-order valence-corrected chi connectivity index (χ0v) is 11.8. The van der Waals surface area contributed by atoms with E-state index in [1.54, 1.807) is 7.11 Å². The predicted octanol–water partition coefficient (Wildman–Crippen LogP) is 2.35. The second-order valence-electron chi connectivity index (χ2n) is 5.77. The maximum Gasteiger partial charge on any atom is 0.122 e. The van der Waals surface area contributed by atoms with Gasteiger partial charge in [0.15, 0.2) is 0 Å². The number of hydrogen-bond donors (Lipinski definition) is 1. The molecule has 1 fully saturated rings. The summed E-state index contributed by atoms with van der Waals surface area (Å²) >= 11 is 0. The fourth-order valence-corrected chi connectivity index (χ4v) is 2.67. The molecule has 0 aliphatic carbocycles. The number of aliphatic hydroxyl groups is 1. The third-order valence-corrected chi connectivity index (χ3v) is 4.13. The maximum absolute atomic E-state index is 10.5. The smallest absolute Gasteiger partial charge is 0.122 e. The zero-order valence-electron chi connectivity index (χ0n) is 11.8. The van der Waals surface area contributed by atoms with Gasteiger partial charge in [0.2, 0.25) is 0 Å². The molecule has 1 aliphatic heterocycles. The Kier molecular flexibility index (Phi) is 3.16. The van der Waals surface area contributed by atoms with Crippen molar-refractivity contribution in [2.24, 2.45) is 0 Å². The van der Waals surface area contributed by atoms with E-state index in [1.165, 1.54) is 5.56 Å². The second kappa shape index (κ2) is 4.25. The number of hydrogen-bond acceptors (Lipinski definition) is 3. The molecule has 0 aromatic heterocycles. The first kappa shape index (κ1) is 13.4. The normalized spacial score (nSPS) is 18.3. The van der Waals surface area contributed by atoms with Crippen molar-refractivity contribution >= 4 is 0 Å². The van der Waals surface area contributed by atoms with Gasteiger partial charge in [-0.15, -0.1) is 0 Å². The molecule has 100 valence electrons. The van der Waals surface area contributed by atoms with Gasteiger partial charge in [-0.05, 0) is 50.5 Å². The van der Waals surface area contributed by atoms with Crippen molar-refractivity contribution in [3.05, 3.63) is 28.8 Å². The number of aryl methyl sites for hydroxylation is 2. The molecule has 0 atom stereocenters. The highest BCUT2D eigenvalue weighted by Gasteiger charge is 2.52. The molecule has 1 N–H and O–H groups in total. The van der Waals surface area contributed by atoms with E-state index in [9.17, 15) is 5.11 Å². The Morgan fingerprint density at radius 3 is 2.22 bits per heavy atom. The third kappa shape index (κ3) is 1.82. The van der Waals surface area contributed by atoms with Gasteiger partial charge in [-0.1, -0.05) is 6.07 Å². The molecule has 1 heterocycles. The summed E-state index contributed by atoms with van der Waals surface area (Å²) in [6.07, 6.45) is 0. The molecule has 0 spiro atoms. The van der Waals surface area contributed by atoms with Crippen molar-refractivity contribution in [2.75, 3.05) is 20.3 Å². The Hall–Kier alpha value is -1.06. The molecule has 1 aromatic rings. The van der Waals surface area contributed by atoms with Crippen molar-refractivity contribution < 1.29 is 14.6 Å². The summed E-state index contributed by atoms with van der Waals surface area (Å²) in [5.41, 5.74) is 2.31. The minimum atomic E-state index is -0.795. The van der Waals surface area contributed by atoms with Gasteiger partial charge in [0.25, 0.3) is 0 Å². The second-order valence-corrected chi connectivity index (χ2v) is 5.77. The minimum absolute atomic E-state index is 0.298. The van der Waals surface area contributed by atoms with E-state index in [4.69, 9.17) is 9.47 Å². The average molecular weight is 250 g/mol. The Labute approximate surface area is 109 Å². The lowest BCUT2D eigenvalue weighted by molar-refractivity contribution is -0.157. The van der Waals surface area contributed by atoms with E-state index in [1.807, 2.05) is 26.8 Å². The highest BCUT2D eigenvalue weighted by molar-refractivity contribution is 5.47. The van der Waals surface area contributed by atoms with E-state index >= 15 is 0 Å². The summed E-state index contributed by atoms with van der Waals surface area (Å²) in [6.45, 7) is 8.94. The van der Waals surface area contributed by atoms with Gasteiger partial charge in [0, 0.05) is 0 Å². The van der Waals surface area contributed by atoms with Crippen molar-refractivity contribution in [1.82, 2.24) is 0 Å². The fourth-order valence-electron chi connectivity index (χ4n) is 2.67. The van der Waals surface area contributed by atoms with Gasteiger partial charge in [-0.25, -0.2) is 0 Å². The minimum Gasteiger partial charge on any atom is -0.496 e. The van der Waals surface area contributed by atoms with Gasteiger partial charge >= 0.3 is 0 Å². The van der Waals surface area contributed by atoms with Crippen LogP contribution < -0.4 is 4.74 Å². The van der Waals surface area contributed by atoms with Crippen LogP contribution in [0.1, 0.15) is 30.5 Å². The van der Waals surface area contributed by atoms with Crippen LogP contribution in [-0.2, 0) is 10.2 Å². The number of ether oxygens (including phenoxy) is 2. The quantitative estimate of drug-likeness (QED) is 0.895. The summed E-state index contributed by atoms with van der Waals surface area (Å²) in [5, 5.41) is 10.5. The fraction of sp³-hybridized carbons (Fsp3) is 0.600. The number of methoxy groups -OCH3 is 1. The highest BCUT2D eigenvalue weighted by Crippen LogP contribution is 2.44. The van der Waals surface area contributed by atoms with E-state index < -0.39 is 5.60 Å². The molecule has 1 aliphatic rings. The predicted molar refractivity (Wildman–Crippen MR) is 71.3 cm³/mol. The zero-order chi connectivity index (χ0) is 13.6. The van der Waals surface area contributed by atoms with Crippen LogP contribution in [0.15, 0.2) is 12.1 Å². The SMILES string of the molecule is COc1cc(C)c(C2(C(C)(C)O)COC2)cc1C. The summed E-state index contributed by atoms with van der Waals surface area (Å²) in [7, 11) is 1.68. The Morgan fingerprint density at radius 2 is 1.83 bits per heavy atom. The first-order valence-corrected chi connectivity index (χ1v) is 6.28. The molecule has 1 aromatic carbocycles. The number of benzene rings is 1. The lowest BCUT2D eigenvalue weighted by atomic mass is 9.66. The molecular formula is C15H22O3. The van der Waals surface area contributed by atoms with Crippen LogP contribution >= 0.6 is 0 Å². The molecule has 18 heavy (non-hydrogen) atoms. The van der Waals surface area contributed by atoms with Crippen LogP contribution in [0, 0.1) is 13.8 Å². The lowest BCUT2D eigenvalue weighted by Gasteiger charge is -2.50. The van der Waals surface area contributed by atoms with Crippen LogP contribution in [-0.4, -0.2) is 31.0 Å². The van der Waals surface area contributed by atoms with Crippen LogP contribution in [0.25, 0.3) is 0 Å². The van der Waals surface area contributed by atoms with Crippen LogP contribution in [0.3, 0.4) is 0 Å². The topological polar surface area (TPSA) is 38.7 Å². The molecule has 0 bridgehead atoms. The standard InChI is InChI=1S/C15H22O3/c1-10-7-13(17-5)11(2)6-12(10)15(8-18-9-15)14(3,4)16/h6-7,16H,8-9H2,1-5H3.